The number of rotatable bonds is 12. The highest BCUT2D eigenvalue weighted by Crippen LogP contribution is 2.44. The van der Waals surface area contributed by atoms with Crippen LogP contribution in [0.4, 0.5) is 18.9 Å². The van der Waals surface area contributed by atoms with Crippen LogP contribution in [0.1, 0.15) is 19.3 Å². The Morgan fingerprint density at radius 3 is 2.39 bits per heavy atom. The van der Waals surface area contributed by atoms with Crippen LogP contribution in [0.3, 0.4) is 0 Å². The summed E-state index contributed by atoms with van der Waals surface area (Å²) in [6.45, 7) is 3.58. The summed E-state index contributed by atoms with van der Waals surface area (Å²) in [5.74, 6) is -1.62. The maximum absolute atomic E-state index is 12.5. The van der Waals surface area contributed by atoms with Crippen molar-refractivity contribution in [2.75, 3.05) is 59.2 Å². The Bertz CT molecular complexity index is 815. The van der Waals surface area contributed by atoms with Gasteiger partial charge in [-0.05, 0) is 71.1 Å². The molecule has 1 aliphatic carbocycles. The summed E-state index contributed by atoms with van der Waals surface area (Å²) in [6, 6.07) is 4.41. The van der Waals surface area contributed by atoms with Gasteiger partial charge in [0.2, 0.25) is 10.0 Å². The minimum atomic E-state index is -4.20. The van der Waals surface area contributed by atoms with E-state index in [1.807, 2.05) is 14.1 Å². The van der Waals surface area contributed by atoms with E-state index in [1.165, 1.54) is 12.1 Å². The Hall–Kier alpha value is -1.07. The van der Waals surface area contributed by atoms with Crippen LogP contribution in [-0.2, 0) is 10.0 Å². The molecule has 0 radical (unpaired) electrons. The van der Waals surface area contributed by atoms with Crippen LogP contribution in [-0.4, -0.2) is 78.3 Å². The predicted octanol–water partition coefficient (Wildman–Crippen LogP) is 3.50. The number of benzene rings is 1. The maximum atomic E-state index is 12.5. The first-order valence-electron chi connectivity index (χ1n) is 10.3. The number of hydrogen-bond acceptors (Lipinski definition) is 5. The van der Waals surface area contributed by atoms with Crippen molar-refractivity contribution in [2.45, 2.75) is 30.3 Å². The molecule has 2 N–H and O–H groups in total. The first-order valence-corrected chi connectivity index (χ1v) is 12.2. The predicted molar refractivity (Wildman–Crippen MR) is 118 cm³/mol. The first kappa shape index (κ1) is 26.2. The summed E-state index contributed by atoms with van der Waals surface area (Å²) >= 11 is 6.24. The number of halogens is 4. The molecule has 0 heterocycles. The van der Waals surface area contributed by atoms with E-state index in [0.29, 0.717) is 12.2 Å². The molecule has 178 valence electrons. The summed E-state index contributed by atoms with van der Waals surface area (Å²) < 4.78 is 64.9. The number of alkyl halides is 3. The minimum absolute atomic E-state index is 0.00170. The fraction of sp³-hybridized carbons (Fsp3) is 0.700. The Labute approximate surface area is 188 Å². The zero-order valence-corrected chi connectivity index (χ0v) is 19.7. The number of likely N-dealkylation sites (N-methyl/N-ethyl adjacent to an activating group) is 2. The normalized spacial score (nSPS) is 19.6. The lowest BCUT2D eigenvalue weighted by molar-refractivity contribution is -0.203. The van der Waals surface area contributed by atoms with Crippen molar-refractivity contribution in [3.63, 3.8) is 0 Å². The second-order valence-electron chi connectivity index (χ2n) is 8.46. The Morgan fingerprint density at radius 2 is 1.81 bits per heavy atom. The van der Waals surface area contributed by atoms with Crippen LogP contribution in [0.2, 0.25) is 5.02 Å². The van der Waals surface area contributed by atoms with Crippen molar-refractivity contribution in [1.29, 1.82) is 0 Å². The van der Waals surface area contributed by atoms with Gasteiger partial charge in [-0.25, -0.2) is 13.1 Å². The molecule has 31 heavy (non-hydrogen) atoms. The van der Waals surface area contributed by atoms with Gasteiger partial charge in [0.25, 0.3) is 0 Å². The summed E-state index contributed by atoms with van der Waals surface area (Å²) in [5.41, 5.74) is 0.642. The van der Waals surface area contributed by atoms with Gasteiger partial charge in [-0.2, -0.15) is 13.2 Å². The number of anilines is 1. The molecular formula is C20H32ClF3N4O2S. The molecule has 1 aliphatic rings. The number of sulfonamides is 1. The fourth-order valence-corrected chi connectivity index (χ4v) is 4.80. The van der Waals surface area contributed by atoms with E-state index in [1.54, 1.807) is 6.07 Å². The molecule has 0 bridgehead atoms. The van der Waals surface area contributed by atoms with E-state index < -0.39 is 22.1 Å². The van der Waals surface area contributed by atoms with E-state index in [-0.39, 0.29) is 35.2 Å². The van der Waals surface area contributed by atoms with Crippen molar-refractivity contribution >= 4 is 27.3 Å². The van der Waals surface area contributed by atoms with Crippen molar-refractivity contribution in [3.8, 4) is 0 Å². The average molecular weight is 485 g/mol. The summed E-state index contributed by atoms with van der Waals surface area (Å²) in [4.78, 5) is 4.37. The first-order chi connectivity index (χ1) is 14.4. The molecule has 1 fully saturated rings. The largest absolute Gasteiger partial charge is 0.391 e. The number of nitrogens with one attached hydrogen (secondary N) is 2. The van der Waals surface area contributed by atoms with E-state index in [2.05, 4.69) is 26.9 Å². The molecule has 11 heteroatoms. The average Bonchev–Trinajstić information content (AvgIpc) is 2.62. The summed E-state index contributed by atoms with van der Waals surface area (Å²) in [6.07, 6.45) is -3.38. The molecule has 2 rings (SSSR count). The SMILES string of the molecule is CN(C)CCN(C)CCCNc1ccc(S(=O)(=O)NCC2CC(C(F)(F)F)C2)cc1Cl. The molecule has 0 aliphatic heterocycles. The Morgan fingerprint density at radius 1 is 1.13 bits per heavy atom. The zero-order chi connectivity index (χ0) is 23.2. The second kappa shape index (κ2) is 11.2. The van der Waals surface area contributed by atoms with Gasteiger partial charge in [-0.1, -0.05) is 11.6 Å². The lowest BCUT2D eigenvalue weighted by Gasteiger charge is -2.36. The Kier molecular flexibility index (Phi) is 9.44. The smallest absolute Gasteiger partial charge is 0.384 e. The van der Waals surface area contributed by atoms with E-state index >= 15 is 0 Å². The third kappa shape index (κ3) is 8.42. The van der Waals surface area contributed by atoms with Gasteiger partial charge in [0.15, 0.2) is 0 Å². The molecule has 1 aromatic rings. The van der Waals surface area contributed by atoms with Crippen LogP contribution in [0.25, 0.3) is 0 Å². The lowest BCUT2D eigenvalue weighted by atomic mass is 9.74. The zero-order valence-electron chi connectivity index (χ0n) is 18.2. The van der Waals surface area contributed by atoms with Crippen LogP contribution in [0.5, 0.6) is 0 Å². The van der Waals surface area contributed by atoms with Gasteiger partial charge in [0.1, 0.15) is 0 Å². The molecule has 0 atom stereocenters. The van der Waals surface area contributed by atoms with Gasteiger partial charge < -0.3 is 15.1 Å². The van der Waals surface area contributed by atoms with Crippen LogP contribution in [0, 0.1) is 11.8 Å². The van der Waals surface area contributed by atoms with Gasteiger partial charge in [0, 0.05) is 26.2 Å². The molecule has 0 aromatic heterocycles. The van der Waals surface area contributed by atoms with E-state index in [9.17, 15) is 21.6 Å². The molecule has 0 saturated heterocycles. The standard InChI is InChI=1S/C20H32ClF3N4O2S/c1-27(2)9-10-28(3)8-4-7-25-19-6-5-17(13-18(19)21)31(29,30)26-14-15-11-16(12-15)20(22,23)24/h5-6,13,15-16,25-26H,4,7-12,14H2,1-3H3. The van der Waals surface area contributed by atoms with E-state index in [4.69, 9.17) is 11.6 Å². The molecule has 1 saturated carbocycles. The monoisotopic (exact) mass is 484 g/mol. The molecular weight excluding hydrogens is 453 g/mol. The van der Waals surface area contributed by atoms with Crippen molar-refractivity contribution in [3.05, 3.63) is 23.2 Å². The molecule has 1 aromatic carbocycles. The highest BCUT2D eigenvalue weighted by molar-refractivity contribution is 7.89. The van der Waals surface area contributed by atoms with Crippen LogP contribution in [0.15, 0.2) is 23.1 Å². The quantitative estimate of drug-likeness (QED) is 0.444. The molecule has 0 amide bonds. The lowest BCUT2D eigenvalue weighted by Crippen LogP contribution is -2.41. The van der Waals surface area contributed by atoms with Crippen molar-refractivity contribution in [1.82, 2.24) is 14.5 Å². The van der Waals surface area contributed by atoms with Gasteiger partial charge >= 0.3 is 6.18 Å². The second-order valence-corrected chi connectivity index (χ2v) is 10.6. The Balaban J connectivity index is 1.78. The topological polar surface area (TPSA) is 64.7 Å². The molecule has 6 nitrogen and oxygen atoms in total. The van der Waals surface area contributed by atoms with Crippen molar-refractivity contribution < 1.29 is 21.6 Å². The van der Waals surface area contributed by atoms with E-state index in [0.717, 1.165) is 26.1 Å². The third-order valence-electron chi connectivity index (χ3n) is 5.47. The summed E-state index contributed by atoms with van der Waals surface area (Å²) in [7, 11) is 2.31. The summed E-state index contributed by atoms with van der Waals surface area (Å²) in [5, 5.41) is 3.49. The third-order valence-corrected chi connectivity index (χ3v) is 7.21. The fourth-order valence-electron chi connectivity index (χ4n) is 3.34. The number of nitrogens with zero attached hydrogens (tertiary/aromatic N) is 2. The molecule has 0 spiro atoms. The van der Waals surface area contributed by atoms with Crippen molar-refractivity contribution in [2.24, 2.45) is 11.8 Å². The number of hydrogen-bond donors (Lipinski definition) is 2. The van der Waals surface area contributed by atoms with Gasteiger partial charge in [-0.15, -0.1) is 0 Å². The highest BCUT2D eigenvalue weighted by Gasteiger charge is 2.47. The van der Waals surface area contributed by atoms with Gasteiger partial charge in [0.05, 0.1) is 21.5 Å². The molecule has 0 unspecified atom stereocenters. The highest BCUT2D eigenvalue weighted by atomic mass is 35.5. The van der Waals surface area contributed by atoms with Crippen LogP contribution < -0.4 is 10.0 Å². The van der Waals surface area contributed by atoms with Gasteiger partial charge in [-0.3, -0.25) is 0 Å². The maximum Gasteiger partial charge on any atom is 0.391 e. The minimum Gasteiger partial charge on any atom is -0.384 e. The van der Waals surface area contributed by atoms with Crippen LogP contribution >= 0.6 is 11.6 Å².